The molecule has 0 fully saturated rings. The minimum absolute atomic E-state index is 0.0210. The van der Waals surface area contributed by atoms with Gasteiger partial charge in [0, 0.05) is 18.2 Å². The quantitative estimate of drug-likeness (QED) is 0.653. The highest BCUT2D eigenvalue weighted by atomic mass is 16.6. The minimum atomic E-state index is -0.576. The van der Waals surface area contributed by atoms with Crippen LogP contribution in [0.3, 0.4) is 0 Å². The van der Waals surface area contributed by atoms with E-state index in [1.807, 2.05) is 34.6 Å². The Morgan fingerprint density at radius 2 is 1.57 bits per heavy atom. The van der Waals surface area contributed by atoms with E-state index in [1.165, 1.54) is 12.1 Å². The first kappa shape index (κ1) is 16.9. The number of nitrogens with one attached hydrogen (secondary N) is 1. The van der Waals surface area contributed by atoms with Crippen molar-refractivity contribution in [2.24, 2.45) is 0 Å². The second kappa shape index (κ2) is 6.07. The van der Waals surface area contributed by atoms with Crippen molar-refractivity contribution in [1.29, 1.82) is 0 Å². The normalized spacial score (nSPS) is 12.8. The zero-order valence-electron chi connectivity index (χ0n) is 13.0. The van der Waals surface area contributed by atoms with E-state index in [2.05, 4.69) is 5.32 Å². The maximum absolute atomic E-state index is 11.3. The maximum Gasteiger partial charge on any atom is 0.299 e. The Kier molecular flexibility index (Phi) is 4.88. The lowest BCUT2D eigenvalue weighted by molar-refractivity contribution is -0.392. The molecular formula is C14H21N3O4. The Bertz CT molecular complexity index is 529. The van der Waals surface area contributed by atoms with Gasteiger partial charge in [-0.2, -0.15) is 0 Å². The predicted octanol–water partition coefficient (Wildman–Crippen LogP) is 4.01. The van der Waals surface area contributed by atoms with Crippen molar-refractivity contribution in [3.63, 3.8) is 0 Å². The van der Waals surface area contributed by atoms with Crippen molar-refractivity contribution in [3.8, 4) is 0 Å². The molecule has 0 saturated carbocycles. The Morgan fingerprint density at radius 1 is 1.14 bits per heavy atom. The molecule has 1 rings (SSSR count). The molecule has 0 aliphatic heterocycles. The summed E-state index contributed by atoms with van der Waals surface area (Å²) in [4.78, 5) is 21.4. The molecule has 0 unspecified atom stereocenters. The van der Waals surface area contributed by atoms with E-state index in [-0.39, 0.29) is 23.1 Å². The van der Waals surface area contributed by atoms with Gasteiger partial charge < -0.3 is 5.32 Å². The lowest BCUT2D eigenvalue weighted by atomic mass is 9.86. The summed E-state index contributed by atoms with van der Waals surface area (Å²) in [5.74, 6) is 0. The van der Waals surface area contributed by atoms with Crippen LogP contribution in [0.5, 0.6) is 0 Å². The minimum Gasteiger partial charge on any atom is -0.371 e. The molecule has 1 N–H and O–H groups in total. The molecule has 21 heavy (non-hydrogen) atoms. The molecule has 0 bridgehead atoms. The smallest absolute Gasteiger partial charge is 0.299 e. The van der Waals surface area contributed by atoms with E-state index in [4.69, 9.17) is 0 Å². The lowest BCUT2D eigenvalue weighted by Gasteiger charge is -2.20. The van der Waals surface area contributed by atoms with Gasteiger partial charge >= 0.3 is 0 Å². The first-order valence-corrected chi connectivity index (χ1v) is 6.81. The fourth-order valence-corrected chi connectivity index (χ4v) is 1.83. The summed E-state index contributed by atoms with van der Waals surface area (Å²) in [5.41, 5.74) is -0.378. The molecular weight excluding hydrogens is 274 g/mol. The fourth-order valence-electron chi connectivity index (χ4n) is 1.83. The van der Waals surface area contributed by atoms with Crippen LogP contribution in [-0.4, -0.2) is 15.9 Å². The summed E-state index contributed by atoms with van der Waals surface area (Å²) in [5, 5.41) is 25.5. The summed E-state index contributed by atoms with van der Waals surface area (Å²) >= 11 is 0. The second-order valence-corrected chi connectivity index (χ2v) is 6.11. The van der Waals surface area contributed by atoms with Crippen LogP contribution in [0.15, 0.2) is 12.1 Å². The lowest BCUT2D eigenvalue weighted by Crippen LogP contribution is -2.18. The van der Waals surface area contributed by atoms with Crippen LogP contribution in [0.25, 0.3) is 0 Å². The van der Waals surface area contributed by atoms with Crippen LogP contribution >= 0.6 is 0 Å². The van der Waals surface area contributed by atoms with Crippen molar-refractivity contribution in [2.75, 3.05) is 5.32 Å². The van der Waals surface area contributed by atoms with Gasteiger partial charge in [-0.3, -0.25) is 20.2 Å². The van der Waals surface area contributed by atoms with Crippen LogP contribution < -0.4 is 5.32 Å². The number of anilines is 1. The van der Waals surface area contributed by atoms with Gasteiger partial charge in [-0.05, 0) is 24.3 Å². The predicted molar refractivity (Wildman–Crippen MR) is 81.8 cm³/mol. The zero-order chi connectivity index (χ0) is 16.4. The SMILES string of the molecule is CC[C@@H](C)Nc1c([N+](=O)[O-])cc(C(C)(C)C)cc1[N+](=O)[O-]. The summed E-state index contributed by atoms with van der Waals surface area (Å²) in [6, 6.07) is 2.73. The number of nitro benzene ring substituents is 2. The van der Waals surface area contributed by atoms with Gasteiger partial charge in [0.15, 0.2) is 5.69 Å². The van der Waals surface area contributed by atoms with Crippen molar-refractivity contribution in [1.82, 2.24) is 0 Å². The van der Waals surface area contributed by atoms with Crippen LogP contribution in [-0.2, 0) is 5.41 Å². The highest BCUT2D eigenvalue weighted by molar-refractivity contribution is 5.75. The topological polar surface area (TPSA) is 98.3 Å². The molecule has 1 aromatic carbocycles. The number of rotatable bonds is 5. The molecule has 0 radical (unpaired) electrons. The van der Waals surface area contributed by atoms with E-state index in [9.17, 15) is 20.2 Å². The molecule has 0 aliphatic carbocycles. The van der Waals surface area contributed by atoms with Gasteiger partial charge in [-0.1, -0.05) is 27.7 Å². The third-order valence-electron chi connectivity index (χ3n) is 3.36. The Labute approximate surface area is 123 Å². The molecule has 116 valence electrons. The number of nitrogens with zero attached hydrogens (tertiary/aromatic N) is 2. The average molecular weight is 295 g/mol. The van der Waals surface area contributed by atoms with Crippen molar-refractivity contribution >= 4 is 17.1 Å². The molecule has 0 amide bonds. The largest absolute Gasteiger partial charge is 0.371 e. The van der Waals surface area contributed by atoms with Crippen molar-refractivity contribution < 1.29 is 9.85 Å². The molecule has 1 atom stereocenters. The summed E-state index contributed by atoms with van der Waals surface area (Å²) in [6.07, 6.45) is 0.704. The first-order chi connectivity index (χ1) is 9.57. The Hall–Kier alpha value is -2.18. The molecule has 7 heteroatoms. The molecule has 0 aromatic heterocycles. The Balaban J connectivity index is 3.59. The zero-order valence-corrected chi connectivity index (χ0v) is 13.0. The number of hydrogen-bond acceptors (Lipinski definition) is 5. The summed E-state index contributed by atoms with van der Waals surface area (Å²) < 4.78 is 0. The van der Waals surface area contributed by atoms with Crippen LogP contribution in [0, 0.1) is 20.2 Å². The first-order valence-electron chi connectivity index (χ1n) is 6.81. The van der Waals surface area contributed by atoms with E-state index in [0.29, 0.717) is 12.0 Å². The van der Waals surface area contributed by atoms with Gasteiger partial charge in [-0.15, -0.1) is 0 Å². The fraction of sp³-hybridized carbons (Fsp3) is 0.571. The standard InChI is InChI=1S/C14H21N3O4/c1-6-9(2)15-13-11(16(18)19)7-10(14(3,4)5)8-12(13)17(20)21/h7-9,15H,6H2,1-5H3/t9-/m1/s1. The van der Waals surface area contributed by atoms with Crippen LogP contribution in [0.4, 0.5) is 17.1 Å². The number of hydrogen-bond donors (Lipinski definition) is 1. The van der Waals surface area contributed by atoms with Gasteiger partial charge in [0.2, 0.25) is 0 Å². The maximum atomic E-state index is 11.3. The molecule has 0 spiro atoms. The number of benzene rings is 1. The van der Waals surface area contributed by atoms with E-state index >= 15 is 0 Å². The second-order valence-electron chi connectivity index (χ2n) is 6.11. The van der Waals surface area contributed by atoms with E-state index in [1.54, 1.807) is 0 Å². The van der Waals surface area contributed by atoms with E-state index < -0.39 is 15.3 Å². The summed E-state index contributed by atoms with van der Waals surface area (Å²) in [6.45, 7) is 9.30. The summed E-state index contributed by atoms with van der Waals surface area (Å²) in [7, 11) is 0. The van der Waals surface area contributed by atoms with Crippen LogP contribution in [0.2, 0.25) is 0 Å². The van der Waals surface area contributed by atoms with Gasteiger partial charge in [0.1, 0.15) is 0 Å². The third kappa shape index (κ3) is 3.90. The average Bonchev–Trinajstić information content (AvgIpc) is 2.36. The molecule has 0 heterocycles. The van der Waals surface area contributed by atoms with Crippen molar-refractivity contribution in [2.45, 2.75) is 52.5 Å². The van der Waals surface area contributed by atoms with Gasteiger partial charge in [0.25, 0.3) is 11.4 Å². The van der Waals surface area contributed by atoms with Gasteiger partial charge in [0.05, 0.1) is 9.85 Å². The Morgan fingerprint density at radius 3 is 1.86 bits per heavy atom. The monoisotopic (exact) mass is 295 g/mol. The molecule has 7 nitrogen and oxygen atoms in total. The highest BCUT2D eigenvalue weighted by Gasteiger charge is 2.30. The molecule has 0 saturated heterocycles. The number of nitro groups is 2. The van der Waals surface area contributed by atoms with Crippen LogP contribution in [0.1, 0.15) is 46.6 Å². The third-order valence-corrected chi connectivity index (χ3v) is 3.36. The van der Waals surface area contributed by atoms with E-state index in [0.717, 1.165) is 0 Å². The highest BCUT2D eigenvalue weighted by Crippen LogP contribution is 2.39. The van der Waals surface area contributed by atoms with Crippen molar-refractivity contribution in [3.05, 3.63) is 37.9 Å². The van der Waals surface area contributed by atoms with Gasteiger partial charge in [-0.25, -0.2) is 0 Å². The molecule has 1 aromatic rings. The molecule has 0 aliphatic rings.